The monoisotopic (exact) mass is 299 g/mol. The van der Waals surface area contributed by atoms with Crippen molar-refractivity contribution in [1.29, 1.82) is 0 Å². The van der Waals surface area contributed by atoms with Crippen molar-refractivity contribution in [2.24, 2.45) is 0 Å². The van der Waals surface area contributed by atoms with E-state index in [-0.39, 0.29) is 11.3 Å². The minimum Gasteiger partial charge on any atom is -0.390 e. The average Bonchev–Trinajstić information content (AvgIpc) is 2.01. The predicted molar refractivity (Wildman–Crippen MR) is 52.6 cm³/mol. The normalized spacial score (nSPS) is 10.9. The Labute approximate surface area is 88.1 Å². The van der Waals surface area contributed by atoms with E-state index in [4.69, 9.17) is 5.11 Å². The maximum Gasteiger partial charge on any atom is 0.266 e. The first kappa shape index (κ1) is 10.8. The van der Waals surface area contributed by atoms with Crippen LogP contribution in [0.1, 0.15) is 23.4 Å². The Hall–Kier alpha value is -0.300. The molecule has 0 amide bonds. The molecule has 1 heterocycles. The van der Waals surface area contributed by atoms with Crippen LogP contribution in [0.25, 0.3) is 0 Å². The Morgan fingerprint density at radius 3 is 2.69 bits per heavy atom. The molecule has 2 nitrogen and oxygen atoms in total. The van der Waals surface area contributed by atoms with Crippen LogP contribution in [0.3, 0.4) is 0 Å². The third-order valence-electron chi connectivity index (χ3n) is 1.58. The van der Waals surface area contributed by atoms with E-state index < -0.39 is 13.0 Å². The second kappa shape index (κ2) is 4.28. The molecule has 0 spiro atoms. The summed E-state index contributed by atoms with van der Waals surface area (Å²) >= 11 is 1.82. The van der Waals surface area contributed by atoms with Crippen molar-refractivity contribution in [3.63, 3.8) is 0 Å². The molecule has 1 N–H and O–H groups in total. The largest absolute Gasteiger partial charge is 0.390 e. The molecule has 1 aromatic rings. The molecule has 0 aromatic carbocycles. The van der Waals surface area contributed by atoms with Crippen molar-refractivity contribution < 1.29 is 13.9 Å². The molecular weight excluding hydrogens is 291 g/mol. The fourth-order valence-electron chi connectivity index (χ4n) is 1.06. The number of nitrogens with zero attached hydrogens (tertiary/aromatic N) is 1. The first-order chi connectivity index (χ1) is 6.06. The van der Waals surface area contributed by atoms with Crippen LogP contribution >= 0.6 is 22.6 Å². The summed E-state index contributed by atoms with van der Waals surface area (Å²) in [6.45, 7) is 1.26. The molecule has 0 unspecified atom stereocenters. The molecule has 0 aliphatic heterocycles. The number of aliphatic hydroxyl groups is 1. The summed E-state index contributed by atoms with van der Waals surface area (Å²) in [5, 5.41) is 8.82. The summed E-state index contributed by atoms with van der Waals surface area (Å²) in [5.41, 5.74) is 0.547. The zero-order chi connectivity index (χ0) is 10.0. The standard InChI is InChI=1S/C8H8F2INO/c1-4-2-5(11)7(8(9)10)6(3-13)12-4/h2,8,13H,3H2,1H3. The van der Waals surface area contributed by atoms with Crippen molar-refractivity contribution in [2.75, 3.05) is 0 Å². The van der Waals surface area contributed by atoms with Crippen LogP contribution in [0.15, 0.2) is 6.07 Å². The van der Waals surface area contributed by atoms with Gasteiger partial charge in [0.15, 0.2) is 0 Å². The van der Waals surface area contributed by atoms with Gasteiger partial charge >= 0.3 is 0 Å². The highest BCUT2D eigenvalue weighted by Crippen LogP contribution is 2.27. The maximum atomic E-state index is 12.5. The lowest BCUT2D eigenvalue weighted by Crippen LogP contribution is -2.03. The highest BCUT2D eigenvalue weighted by atomic mass is 127. The van der Waals surface area contributed by atoms with Gasteiger partial charge < -0.3 is 5.11 Å². The third-order valence-corrected chi connectivity index (χ3v) is 2.48. The molecule has 13 heavy (non-hydrogen) atoms. The average molecular weight is 299 g/mol. The lowest BCUT2D eigenvalue weighted by atomic mass is 10.2. The van der Waals surface area contributed by atoms with E-state index in [0.29, 0.717) is 9.26 Å². The van der Waals surface area contributed by atoms with Gasteiger partial charge in [0.2, 0.25) is 0 Å². The second-order valence-electron chi connectivity index (χ2n) is 2.56. The number of pyridine rings is 1. The van der Waals surface area contributed by atoms with Crippen LogP contribution < -0.4 is 0 Å². The zero-order valence-electron chi connectivity index (χ0n) is 6.89. The highest BCUT2D eigenvalue weighted by Gasteiger charge is 2.17. The molecule has 0 fully saturated rings. The molecule has 1 aromatic heterocycles. The van der Waals surface area contributed by atoms with Gasteiger partial charge in [-0.1, -0.05) is 0 Å². The van der Waals surface area contributed by atoms with Crippen LogP contribution in [-0.4, -0.2) is 10.1 Å². The van der Waals surface area contributed by atoms with Crippen LogP contribution in [0.4, 0.5) is 8.78 Å². The van der Waals surface area contributed by atoms with Gasteiger partial charge in [-0.15, -0.1) is 0 Å². The molecule has 1 rings (SSSR count). The maximum absolute atomic E-state index is 12.5. The number of aliphatic hydroxyl groups excluding tert-OH is 1. The minimum atomic E-state index is -2.58. The molecule has 0 saturated carbocycles. The van der Waals surface area contributed by atoms with E-state index in [1.807, 2.05) is 22.6 Å². The van der Waals surface area contributed by atoms with E-state index in [1.165, 1.54) is 0 Å². The molecule has 5 heteroatoms. The number of hydrogen-bond donors (Lipinski definition) is 1. The zero-order valence-corrected chi connectivity index (χ0v) is 9.05. The summed E-state index contributed by atoms with van der Waals surface area (Å²) in [5.74, 6) is 0. The van der Waals surface area contributed by atoms with Gasteiger partial charge in [-0.25, -0.2) is 8.78 Å². The molecular formula is C8H8F2INO. The summed E-state index contributed by atoms with van der Waals surface area (Å²) < 4.78 is 25.4. The summed E-state index contributed by atoms with van der Waals surface area (Å²) in [7, 11) is 0. The number of hydrogen-bond acceptors (Lipinski definition) is 2. The molecule has 0 bridgehead atoms. The van der Waals surface area contributed by atoms with Gasteiger partial charge in [0.25, 0.3) is 6.43 Å². The lowest BCUT2D eigenvalue weighted by molar-refractivity contribution is 0.145. The third kappa shape index (κ3) is 2.34. The van der Waals surface area contributed by atoms with E-state index in [0.717, 1.165) is 0 Å². The molecule has 0 atom stereocenters. The molecule has 0 aliphatic carbocycles. The number of aromatic nitrogens is 1. The smallest absolute Gasteiger partial charge is 0.266 e. The van der Waals surface area contributed by atoms with Crippen LogP contribution in [0, 0.1) is 10.5 Å². The molecule has 0 saturated heterocycles. The van der Waals surface area contributed by atoms with Gasteiger partial charge in [0.1, 0.15) is 0 Å². The van der Waals surface area contributed by atoms with Gasteiger partial charge in [0.05, 0.1) is 17.9 Å². The summed E-state index contributed by atoms with van der Waals surface area (Å²) in [4.78, 5) is 3.84. The SMILES string of the molecule is Cc1cc(I)c(C(F)F)c(CO)n1. The number of rotatable bonds is 2. The fourth-order valence-corrected chi connectivity index (χ4v) is 2.05. The second-order valence-corrected chi connectivity index (χ2v) is 3.73. The first-order valence-electron chi connectivity index (χ1n) is 3.61. The van der Waals surface area contributed by atoms with Crippen LogP contribution in [0.2, 0.25) is 0 Å². The quantitative estimate of drug-likeness (QED) is 0.851. The number of alkyl halides is 2. The van der Waals surface area contributed by atoms with Crippen molar-refractivity contribution in [2.45, 2.75) is 20.0 Å². The van der Waals surface area contributed by atoms with Crippen molar-refractivity contribution in [3.05, 3.63) is 26.6 Å². The minimum absolute atomic E-state index is 0.0689. The van der Waals surface area contributed by atoms with E-state index in [9.17, 15) is 8.78 Å². The van der Waals surface area contributed by atoms with Gasteiger partial charge in [-0.05, 0) is 35.6 Å². The highest BCUT2D eigenvalue weighted by molar-refractivity contribution is 14.1. The fraction of sp³-hybridized carbons (Fsp3) is 0.375. The van der Waals surface area contributed by atoms with Gasteiger partial charge in [-0.3, -0.25) is 4.98 Å². The molecule has 0 aliphatic rings. The van der Waals surface area contributed by atoms with Crippen LogP contribution in [0.5, 0.6) is 0 Å². The van der Waals surface area contributed by atoms with E-state index in [1.54, 1.807) is 13.0 Å². The molecule has 72 valence electrons. The Bertz CT molecular complexity index is 317. The Morgan fingerprint density at radius 2 is 2.23 bits per heavy atom. The summed E-state index contributed by atoms with van der Waals surface area (Å²) in [6.07, 6.45) is -2.58. The van der Waals surface area contributed by atoms with Crippen molar-refractivity contribution >= 4 is 22.6 Å². The summed E-state index contributed by atoms with van der Waals surface area (Å²) in [6, 6.07) is 1.57. The van der Waals surface area contributed by atoms with Gasteiger partial charge in [0, 0.05) is 9.26 Å². The Kier molecular flexibility index (Phi) is 3.55. The van der Waals surface area contributed by atoms with E-state index >= 15 is 0 Å². The first-order valence-corrected chi connectivity index (χ1v) is 4.69. The van der Waals surface area contributed by atoms with E-state index in [2.05, 4.69) is 4.98 Å². The number of aryl methyl sites for hydroxylation is 1. The van der Waals surface area contributed by atoms with Crippen molar-refractivity contribution in [3.8, 4) is 0 Å². The Morgan fingerprint density at radius 1 is 1.62 bits per heavy atom. The van der Waals surface area contributed by atoms with Crippen molar-refractivity contribution in [1.82, 2.24) is 4.98 Å². The lowest BCUT2D eigenvalue weighted by Gasteiger charge is -2.08. The molecule has 0 radical (unpaired) electrons. The Balaban J connectivity index is 3.30. The van der Waals surface area contributed by atoms with Gasteiger partial charge in [-0.2, -0.15) is 0 Å². The topological polar surface area (TPSA) is 33.1 Å². The number of halogens is 3. The van der Waals surface area contributed by atoms with Crippen LogP contribution in [-0.2, 0) is 6.61 Å². The predicted octanol–water partition coefficient (Wildman–Crippen LogP) is 2.42.